The highest BCUT2D eigenvalue weighted by Crippen LogP contribution is 2.37. The second-order valence-electron chi connectivity index (χ2n) is 9.41. The van der Waals surface area contributed by atoms with Crippen molar-refractivity contribution in [3.8, 4) is 11.5 Å². The lowest BCUT2D eigenvalue weighted by Crippen LogP contribution is -2.13. The molecule has 5 aromatic carbocycles. The molecule has 0 unspecified atom stereocenters. The topological polar surface area (TPSA) is 65.2 Å². The van der Waals surface area contributed by atoms with E-state index in [1.54, 1.807) is 24.4 Å². The van der Waals surface area contributed by atoms with Crippen LogP contribution in [0.25, 0.3) is 0 Å². The van der Waals surface area contributed by atoms with Crippen molar-refractivity contribution >= 4 is 11.9 Å². The summed E-state index contributed by atoms with van der Waals surface area (Å²) in [5, 5.41) is 21.4. The molecule has 0 spiro atoms. The van der Waals surface area contributed by atoms with Crippen LogP contribution in [0.5, 0.6) is 11.5 Å². The van der Waals surface area contributed by atoms with Gasteiger partial charge in [0.15, 0.2) is 0 Å². The Morgan fingerprint density at radius 3 is 1.82 bits per heavy atom. The molecule has 2 atom stereocenters. The molecule has 0 aliphatic rings. The molecule has 39 heavy (non-hydrogen) atoms. The van der Waals surface area contributed by atoms with Crippen LogP contribution >= 0.6 is 0 Å². The van der Waals surface area contributed by atoms with Gasteiger partial charge >= 0.3 is 0 Å². The van der Waals surface area contributed by atoms with Gasteiger partial charge in [-0.15, -0.1) is 0 Å². The summed E-state index contributed by atoms with van der Waals surface area (Å²) >= 11 is 0. The van der Waals surface area contributed by atoms with E-state index < -0.39 is 12.1 Å². The van der Waals surface area contributed by atoms with Crippen LogP contribution < -0.4 is 0 Å². The van der Waals surface area contributed by atoms with Gasteiger partial charge in [0.05, 0.1) is 5.71 Å². The third-order valence-electron chi connectivity index (χ3n) is 6.61. The number of para-hydroxylation sites is 1. The number of benzene rings is 5. The number of aromatic hydroxyl groups is 2. The average molecular weight is 511 g/mol. The minimum Gasteiger partial charge on any atom is -0.507 e. The van der Waals surface area contributed by atoms with Gasteiger partial charge in [-0.2, -0.15) is 0 Å². The average Bonchev–Trinajstić information content (AvgIpc) is 2.98. The van der Waals surface area contributed by atoms with Crippen molar-refractivity contribution in [2.75, 3.05) is 0 Å². The Morgan fingerprint density at radius 2 is 1.18 bits per heavy atom. The van der Waals surface area contributed by atoms with Gasteiger partial charge in [-0.1, -0.05) is 115 Å². The number of aryl methyl sites for hydroxylation is 1. The van der Waals surface area contributed by atoms with Gasteiger partial charge in [-0.05, 0) is 42.3 Å². The Morgan fingerprint density at radius 1 is 0.615 bits per heavy atom. The van der Waals surface area contributed by atoms with Crippen LogP contribution in [-0.4, -0.2) is 22.1 Å². The molecule has 192 valence electrons. The van der Waals surface area contributed by atoms with Gasteiger partial charge in [0, 0.05) is 22.9 Å². The molecule has 0 bridgehead atoms. The van der Waals surface area contributed by atoms with E-state index in [0.717, 1.165) is 22.3 Å². The predicted octanol–water partition coefficient (Wildman–Crippen LogP) is 7.85. The Bertz CT molecular complexity index is 1580. The van der Waals surface area contributed by atoms with E-state index in [4.69, 9.17) is 9.98 Å². The van der Waals surface area contributed by atoms with Crippen LogP contribution in [0.1, 0.15) is 45.5 Å². The van der Waals surface area contributed by atoms with Crippen molar-refractivity contribution in [3.63, 3.8) is 0 Å². The number of hydrogen-bond acceptors (Lipinski definition) is 4. The normalized spacial score (nSPS) is 13.3. The van der Waals surface area contributed by atoms with Crippen LogP contribution in [0.2, 0.25) is 0 Å². The Kier molecular flexibility index (Phi) is 7.94. The largest absolute Gasteiger partial charge is 0.507 e. The molecule has 0 aliphatic heterocycles. The van der Waals surface area contributed by atoms with Crippen molar-refractivity contribution in [2.24, 2.45) is 9.98 Å². The molecule has 0 heterocycles. The maximum atomic E-state index is 11.0. The highest BCUT2D eigenvalue weighted by atomic mass is 16.3. The SMILES string of the molecule is Cc1ccc(O)c(C(=N[C@@H](c2ccccc2)[C@@H](N=Cc2ccccc2O)c2ccccc2)c2ccccc2)c1. The Hall–Kier alpha value is -4.96. The summed E-state index contributed by atoms with van der Waals surface area (Å²) in [5.74, 6) is 0.339. The quantitative estimate of drug-likeness (QED) is 0.209. The van der Waals surface area contributed by atoms with Crippen molar-refractivity contribution in [1.29, 1.82) is 0 Å². The molecule has 5 rings (SSSR count). The highest BCUT2D eigenvalue weighted by Gasteiger charge is 2.26. The number of phenolic OH excluding ortho intramolecular Hbond substituents is 2. The lowest BCUT2D eigenvalue weighted by atomic mass is 9.92. The molecule has 2 N–H and O–H groups in total. The first-order valence-electron chi connectivity index (χ1n) is 12.9. The summed E-state index contributed by atoms with van der Waals surface area (Å²) < 4.78 is 0. The van der Waals surface area contributed by atoms with Crippen LogP contribution in [0.15, 0.2) is 143 Å². The van der Waals surface area contributed by atoms with Gasteiger partial charge in [-0.3, -0.25) is 9.98 Å². The van der Waals surface area contributed by atoms with Crippen LogP contribution in [-0.2, 0) is 0 Å². The second-order valence-corrected chi connectivity index (χ2v) is 9.41. The highest BCUT2D eigenvalue weighted by molar-refractivity contribution is 6.14. The number of nitrogens with zero attached hydrogens (tertiary/aromatic N) is 2. The summed E-state index contributed by atoms with van der Waals surface area (Å²) in [6.07, 6.45) is 1.71. The molecule has 0 amide bonds. The molecule has 4 heteroatoms. The zero-order valence-electron chi connectivity index (χ0n) is 21.7. The third kappa shape index (κ3) is 6.13. The molecule has 0 fully saturated rings. The van der Waals surface area contributed by atoms with Crippen LogP contribution in [0.4, 0.5) is 0 Å². The fraction of sp³-hybridized carbons (Fsp3) is 0.0857. The molecule has 5 aromatic rings. The summed E-state index contributed by atoms with van der Waals surface area (Å²) in [7, 11) is 0. The van der Waals surface area contributed by atoms with E-state index >= 15 is 0 Å². The maximum Gasteiger partial charge on any atom is 0.124 e. The lowest BCUT2D eigenvalue weighted by Gasteiger charge is -2.24. The fourth-order valence-electron chi connectivity index (χ4n) is 4.61. The molecule has 4 nitrogen and oxygen atoms in total. The third-order valence-corrected chi connectivity index (χ3v) is 6.61. The van der Waals surface area contributed by atoms with Gasteiger partial charge in [0.2, 0.25) is 0 Å². The lowest BCUT2D eigenvalue weighted by molar-refractivity contribution is 0.473. The first-order chi connectivity index (χ1) is 19.1. The molecule has 0 aliphatic carbocycles. The summed E-state index contributed by atoms with van der Waals surface area (Å²) in [6.45, 7) is 2.00. The first-order valence-corrected chi connectivity index (χ1v) is 12.9. The fourth-order valence-corrected chi connectivity index (χ4v) is 4.61. The van der Waals surface area contributed by atoms with Crippen LogP contribution in [0.3, 0.4) is 0 Å². The van der Waals surface area contributed by atoms with E-state index in [0.29, 0.717) is 16.8 Å². The van der Waals surface area contributed by atoms with E-state index in [9.17, 15) is 10.2 Å². The van der Waals surface area contributed by atoms with Gasteiger partial charge < -0.3 is 10.2 Å². The molecule has 0 aromatic heterocycles. The van der Waals surface area contributed by atoms with E-state index in [1.807, 2.05) is 110 Å². The Labute approximate surface area is 229 Å². The van der Waals surface area contributed by atoms with Crippen molar-refractivity contribution in [3.05, 3.63) is 167 Å². The molecule has 0 radical (unpaired) electrons. The number of aliphatic imine (C=N–C) groups is 2. The predicted molar refractivity (Wildman–Crippen MR) is 159 cm³/mol. The smallest absolute Gasteiger partial charge is 0.124 e. The molecular weight excluding hydrogens is 480 g/mol. The van der Waals surface area contributed by atoms with Crippen LogP contribution in [0, 0.1) is 6.92 Å². The zero-order valence-corrected chi connectivity index (χ0v) is 21.7. The first kappa shape index (κ1) is 25.7. The number of rotatable bonds is 8. The van der Waals surface area contributed by atoms with Crippen molar-refractivity contribution < 1.29 is 10.2 Å². The minimum atomic E-state index is -0.425. The van der Waals surface area contributed by atoms with Crippen molar-refractivity contribution in [2.45, 2.75) is 19.0 Å². The number of hydrogen-bond donors (Lipinski definition) is 2. The van der Waals surface area contributed by atoms with Crippen molar-refractivity contribution in [1.82, 2.24) is 0 Å². The zero-order chi connectivity index (χ0) is 27.0. The summed E-state index contributed by atoms with van der Waals surface area (Å²) in [5.41, 5.74) is 5.89. The maximum absolute atomic E-state index is 11.0. The monoisotopic (exact) mass is 510 g/mol. The summed E-state index contributed by atoms with van der Waals surface area (Å²) in [4.78, 5) is 10.4. The minimum absolute atomic E-state index is 0.169. The molecular formula is C35H30N2O2. The van der Waals surface area contributed by atoms with Gasteiger partial charge in [0.1, 0.15) is 23.6 Å². The van der Waals surface area contributed by atoms with Gasteiger partial charge in [0.25, 0.3) is 0 Å². The summed E-state index contributed by atoms with van der Waals surface area (Å²) in [6, 6.07) is 42.0. The van der Waals surface area contributed by atoms with E-state index in [1.165, 1.54) is 0 Å². The number of phenols is 2. The standard InChI is InChI=1S/C35H30N2O2/c1-25-21-22-32(39)30(23-25)33(26-13-5-2-6-14-26)37-35(28-17-9-4-10-18-28)34(27-15-7-3-8-16-27)36-24-29-19-11-12-20-31(29)38/h2-24,34-35,38-39H,1H3/t34-,35-/m0/s1. The van der Waals surface area contributed by atoms with Gasteiger partial charge in [-0.25, -0.2) is 0 Å². The second kappa shape index (κ2) is 12.1. The van der Waals surface area contributed by atoms with E-state index in [2.05, 4.69) is 12.1 Å². The Balaban J connectivity index is 1.74. The molecule has 0 saturated heterocycles. The molecule has 0 saturated carbocycles. The van der Waals surface area contributed by atoms with E-state index in [-0.39, 0.29) is 11.5 Å².